The Morgan fingerprint density at radius 1 is 0.806 bits per heavy atom. The summed E-state index contributed by atoms with van der Waals surface area (Å²) >= 11 is 0. The quantitative estimate of drug-likeness (QED) is 0.278. The number of hydrogen-bond acceptors (Lipinski definition) is 3. The Morgan fingerprint density at radius 2 is 1.35 bits per heavy atom. The van der Waals surface area contributed by atoms with E-state index in [9.17, 15) is 19.8 Å². The van der Waals surface area contributed by atoms with Crippen molar-refractivity contribution in [1.29, 1.82) is 0 Å². The van der Waals surface area contributed by atoms with E-state index in [1.54, 1.807) is 18.2 Å². The van der Waals surface area contributed by atoms with Gasteiger partial charge in [-0.05, 0) is 67.2 Å². The number of aliphatic carboxylic acids is 2. The van der Waals surface area contributed by atoms with Gasteiger partial charge in [0.2, 0.25) is 0 Å². The van der Waals surface area contributed by atoms with Gasteiger partial charge in [-0.3, -0.25) is 9.59 Å². The van der Waals surface area contributed by atoms with Crippen LogP contribution in [0.25, 0.3) is 0 Å². The number of benzene rings is 1. The topological polar surface area (TPSA) is 83.8 Å². The van der Waals surface area contributed by atoms with Gasteiger partial charge in [0.25, 0.3) is 0 Å². The van der Waals surface area contributed by atoms with Gasteiger partial charge in [0.1, 0.15) is 5.75 Å². The minimum absolute atomic E-state index is 0.375. The van der Waals surface area contributed by atoms with E-state index in [1.165, 1.54) is 6.42 Å². The van der Waals surface area contributed by atoms with Crippen molar-refractivity contribution in [2.45, 2.75) is 97.8 Å². The van der Waals surface area contributed by atoms with E-state index in [4.69, 9.17) is 4.74 Å². The first-order valence-electron chi connectivity index (χ1n) is 11.9. The van der Waals surface area contributed by atoms with Crippen LogP contribution >= 0.6 is 0 Å². The van der Waals surface area contributed by atoms with E-state index < -0.39 is 23.8 Å². The summed E-state index contributed by atoms with van der Waals surface area (Å²) in [6.45, 7) is 11.0. The number of carboxylic acid groups (broad SMARTS) is 2. The summed E-state index contributed by atoms with van der Waals surface area (Å²) in [5.41, 5.74) is 1.21. The van der Waals surface area contributed by atoms with Crippen LogP contribution in [0.2, 0.25) is 0 Å². The van der Waals surface area contributed by atoms with Gasteiger partial charge in [-0.1, -0.05) is 59.9 Å². The van der Waals surface area contributed by atoms with Crippen molar-refractivity contribution in [3.05, 3.63) is 29.3 Å². The van der Waals surface area contributed by atoms with Gasteiger partial charge in [-0.2, -0.15) is 0 Å². The van der Waals surface area contributed by atoms with Crippen molar-refractivity contribution in [3.8, 4) is 5.75 Å². The molecule has 176 valence electrons. The second-order valence-corrected chi connectivity index (χ2v) is 9.42. The Labute approximate surface area is 188 Å². The van der Waals surface area contributed by atoms with Crippen LogP contribution < -0.4 is 4.74 Å². The summed E-state index contributed by atoms with van der Waals surface area (Å²) in [5, 5.41) is 19.9. The Balaban J connectivity index is 3.26. The van der Waals surface area contributed by atoms with Crippen LogP contribution in [0.1, 0.15) is 109 Å². The number of hydrogen-bond donors (Lipinski definition) is 2. The molecule has 0 radical (unpaired) electrons. The average molecular weight is 435 g/mol. The molecular weight excluding hydrogens is 392 g/mol. The summed E-state index contributed by atoms with van der Waals surface area (Å²) in [7, 11) is 0. The first kappa shape index (κ1) is 27.0. The van der Waals surface area contributed by atoms with Gasteiger partial charge in [-0.25, -0.2) is 0 Å². The molecule has 1 rings (SSSR count). The van der Waals surface area contributed by atoms with Gasteiger partial charge in [0, 0.05) is 0 Å². The molecule has 0 spiro atoms. The van der Waals surface area contributed by atoms with Crippen molar-refractivity contribution in [2.75, 3.05) is 6.61 Å². The molecule has 0 bridgehead atoms. The number of unbranched alkanes of at least 4 members (excludes halogenated alkanes) is 3. The lowest BCUT2D eigenvalue weighted by atomic mass is 9.81. The molecular formula is C26H42O5. The Bertz CT molecular complexity index is 680. The van der Waals surface area contributed by atoms with Crippen LogP contribution in [0.3, 0.4) is 0 Å². The fourth-order valence-corrected chi connectivity index (χ4v) is 3.80. The zero-order valence-corrected chi connectivity index (χ0v) is 20.0. The van der Waals surface area contributed by atoms with Crippen LogP contribution in [0.15, 0.2) is 18.2 Å². The third-order valence-corrected chi connectivity index (χ3v) is 5.74. The molecule has 5 heteroatoms. The standard InChI is InChI=1S/C26H42O5/c1-6-7-8-9-16-31-20-12-15-21(22(25(27)28)13-10-18(2)3)24(17-20)23(26(29)30)14-11-19(4)5/h12,15,17-19,22-23H,6-11,13-14,16H2,1-5H3,(H,27,28)(H,29,30). The minimum atomic E-state index is -0.907. The van der Waals surface area contributed by atoms with Gasteiger partial charge in [0.15, 0.2) is 0 Å². The molecule has 0 amide bonds. The molecule has 2 atom stereocenters. The third kappa shape index (κ3) is 9.75. The molecule has 0 aliphatic heterocycles. The van der Waals surface area contributed by atoms with Gasteiger partial charge in [0.05, 0.1) is 18.4 Å². The lowest BCUT2D eigenvalue weighted by molar-refractivity contribution is -0.140. The normalized spacial score (nSPS) is 13.4. The molecule has 31 heavy (non-hydrogen) atoms. The highest BCUT2D eigenvalue weighted by Crippen LogP contribution is 2.36. The van der Waals surface area contributed by atoms with Gasteiger partial charge in [-0.15, -0.1) is 0 Å². The van der Waals surface area contributed by atoms with Crippen LogP contribution in [-0.4, -0.2) is 28.8 Å². The molecule has 0 fully saturated rings. The number of ether oxygens (including phenoxy) is 1. The predicted molar refractivity (Wildman–Crippen MR) is 125 cm³/mol. The second kappa shape index (κ2) is 14.1. The molecule has 0 aliphatic carbocycles. The van der Waals surface area contributed by atoms with E-state index in [2.05, 4.69) is 34.6 Å². The summed E-state index contributed by atoms with van der Waals surface area (Å²) in [4.78, 5) is 24.3. The summed E-state index contributed by atoms with van der Waals surface area (Å²) < 4.78 is 5.90. The molecule has 0 aliphatic rings. The average Bonchev–Trinajstić information content (AvgIpc) is 2.68. The highest BCUT2D eigenvalue weighted by molar-refractivity contribution is 5.81. The largest absolute Gasteiger partial charge is 0.494 e. The van der Waals surface area contributed by atoms with Crippen LogP contribution in [0.5, 0.6) is 5.75 Å². The van der Waals surface area contributed by atoms with E-state index in [0.717, 1.165) is 32.1 Å². The molecule has 1 aromatic carbocycles. The summed E-state index contributed by atoms with van der Waals surface area (Å²) in [6, 6.07) is 5.35. The van der Waals surface area contributed by atoms with Gasteiger partial charge < -0.3 is 14.9 Å². The molecule has 0 saturated heterocycles. The third-order valence-electron chi connectivity index (χ3n) is 5.74. The van der Waals surface area contributed by atoms with E-state index in [-0.39, 0.29) is 0 Å². The number of carboxylic acids is 2. The van der Waals surface area contributed by atoms with Crippen LogP contribution in [-0.2, 0) is 9.59 Å². The molecule has 0 aromatic heterocycles. The molecule has 0 saturated carbocycles. The van der Waals surface area contributed by atoms with Crippen molar-refractivity contribution in [1.82, 2.24) is 0 Å². The van der Waals surface area contributed by atoms with E-state index in [0.29, 0.717) is 48.2 Å². The highest BCUT2D eigenvalue weighted by atomic mass is 16.5. The zero-order valence-electron chi connectivity index (χ0n) is 20.0. The molecule has 0 heterocycles. The SMILES string of the molecule is CCCCCCOc1ccc(C(CCC(C)C)C(=O)O)c(C(CCC(C)C)C(=O)O)c1. The van der Waals surface area contributed by atoms with Crippen molar-refractivity contribution in [3.63, 3.8) is 0 Å². The van der Waals surface area contributed by atoms with Crippen LogP contribution in [0, 0.1) is 11.8 Å². The maximum Gasteiger partial charge on any atom is 0.310 e. The minimum Gasteiger partial charge on any atom is -0.494 e. The maximum atomic E-state index is 12.2. The van der Waals surface area contributed by atoms with E-state index in [1.807, 2.05) is 0 Å². The Hall–Kier alpha value is -2.04. The Kier molecular flexibility index (Phi) is 12.3. The van der Waals surface area contributed by atoms with E-state index >= 15 is 0 Å². The molecule has 1 aromatic rings. The predicted octanol–water partition coefficient (Wildman–Crippen LogP) is 6.85. The first-order chi connectivity index (χ1) is 14.7. The second-order valence-electron chi connectivity index (χ2n) is 9.42. The first-order valence-corrected chi connectivity index (χ1v) is 11.9. The fourth-order valence-electron chi connectivity index (χ4n) is 3.80. The van der Waals surface area contributed by atoms with Crippen molar-refractivity contribution < 1.29 is 24.5 Å². The summed E-state index contributed by atoms with van der Waals surface area (Å²) in [6.07, 6.45) is 6.89. The number of rotatable bonds is 16. The summed E-state index contributed by atoms with van der Waals surface area (Å²) in [5.74, 6) is -1.87. The fraction of sp³-hybridized carbons (Fsp3) is 0.692. The maximum absolute atomic E-state index is 12.2. The molecule has 5 nitrogen and oxygen atoms in total. The molecule has 2 N–H and O–H groups in total. The van der Waals surface area contributed by atoms with Crippen LogP contribution in [0.4, 0.5) is 0 Å². The monoisotopic (exact) mass is 434 g/mol. The van der Waals surface area contributed by atoms with Crippen molar-refractivity contribution in [2.24, 2.45) is 11.8 Å². The lowest BCUT2D eigenvalue weighted by Crippen LogP contribution is -2.20. The molecule has 2 unspecified atom stereocenters. The number of carbonyl (C=O) groups is 2. The zero-order chi connectivity index (χ0) is 23.4. The lowest BCUT2D eigenvalue weighted by Gasteiger charge is -2.23. The Morgan fingerprint density at radius 3 is 1.84 bits per heavy atom. The smallest absolute Gasteiger partial charge is 0.310 e. The highest BCUT2D eigenvalue weighted by Gasteiger charge is 2.29. The van der Waals surface area contributed by atoms with Crippen molar-refractivity contribution >= 4 is 11.9 Å². The van der Waals surface area contributed by atoms with Gasteiger partial charge >= 0.3 is 11.9 Å².